The third kappa shape index (κ3) is 11.5. The molecule has 0 fully saturated rings. The molecule has 12 nitrogen and oxygen atoms in total. The SMILES string of the molecule is CCC(C)C(NC(=O)C(CC(C)C)NC(=O)NCc1ccccc1)C(=O)C(=O)NCC(=O)NC(Cc1ccc2ccccc2c1)C(N)=O. The molecule has 12 heteroatoms. The monoisotopic (exact) mass is 658 g/mol. The van der Waals surface area contributed by atoms with Crippen molar-refractivity contribution in [3.8, 4) is 0 Å². The molecule has 0 saturated heterocycles. The number of carbonyl (C=O) groups is 6. The normalized spacial score (nSPS) is 13.4. The van der Waals surface area contributed by atoms with Gasteiger partial charge in [0.15, 0.2) is 0 Å². The van der Waals surface area contributed by atoms with Gasteiger partial charge in [-0.3, -0.25) is 24.0 Å². The number of fused-ring (bicyclic) bond motifs is 1. The molecule has 48 heavy (non-hydrogen) atoms. The molecule has 0 bridgehead atoms. The molecular weight excluding hydrogens is 612 g/mol. The van der Waals surface area contributed by atoms with Crippen LogP contribution in [0.1, 0.15) is 51.7 Å². The highest BCUT2D eigenvalue weighted by Gasteiger charge is 2.33. The number of Topliss-reactive ketones (excluding diaryl/α,β-unsaturated/α-hetero) is 1. The lowest BCUT2D eigenvalue weighted by Gasteiger charge is -2.26. The molecule has 0 aliphatic heterocycles. The number of hydrogen-bond donors (Lipinski definition) is 6. The Bertz CT molecular complexity index is 1590. The average Bonchev–Trinajstić information content (AvgIpc) is 3.07. The van der Waals surface area contributed by atoms with Gasteiger partial charge in [0, 0.05) is 13.0 Å². The van der Waals surface area contributed by atoms with E-state index in [1.807, 2.05) is 93.6 Å². The highest BCUT2D eigenvalue weighted by molar-refractivity contribution is 6.38. The molecule has 0 saturated carbocycles. The minimum atomic E-state index is -1.21. The Labute approximate surface area is 281 Å². The molecule has 3 aromatic rings. The Morgan fingerprint density at radius 3 is 2.04 bits per heavy atom. The molecular formula is C36H46N6O6. The number of nitrogens with two attached hydrogens (primary N) is 1. The number of benzene rings is 3. The van der Waals surface area contributed by atoms with Crippen LogP contribution in [0.3, 0.4) is 0 Å². The summed E-state index contributed by atoms with van der Waals surface area (Å²) in [5, 5.41) is 14.9. The molecule has 0 aliphatic rings. The molecule has 4 atom stereocenters. The number of rotatable bonds is 17. The maximum atomic E-state index is 13.4. The zero-order valence-electron chi connectivity index (χ0n) is 27.9. The molecule has 4 unspecified atom stereocenters. The zero-order valence-corrected chi connectivity index (χ0v) is 27.9. The van der Waals surface area contributed by atoms with E-state index >= 15 is 0 Å². The molecule has 7 N–H and O–H groups in total. The number of urea groups is 1. The Kier molecular flexibility index (Phi) is 14.1. The van der Waals surface area contributed by atoms with E-state index in [4.69, 9.17) is 5.73 Å². The van der Waals surface area contributed by atoms with Crippen molar-refractivity contribution in [3.05, 3.63) is 83.9 Å². The fraction of sp³-hybridized carbons (Fsp3) is 0.389. The van der Waals surface area contributed by atoms with Gasteiger partial charge in [-0.1, -0.05) is 107 Å². The van der Waals surface area contributed by atoms with Crippen LogP contribution >= 0.6 is 0 Å². The summed E-state index contributed by atoms with van der Waals surface area (Å²) in [6.45, 7) is 6.97. The van der Waals surface area contributed by atoms with Crippen molar-refractivity contribution >= 4 is 46.2 Å². The molecule has 256 valence electrons. The predicted octanol–water partition coefficient (Wildman–Crippen LogP) is 2.48. The first kappa shape index (κ1) is 37.2. The van der Waals surface area contributed by atoms with Crippen LogP contribution in [-0.4, -0.2) is 60.1 Å². The molecule has 0 aromatic heterocycles. The van der Waals surface area contributed by atoms with Crippen LogP contribution in [0.25, 0.3) is 10.8 Å². The smallest absolute Gasteiger partial charge is 0.315 e. The van der Waals surface area contributed by atoms with Gasteiger partial charge in [0.2, 0.25) is 23.5 Å². The van der Waals surface area contributed by atoms with Gasteiger partial charge >= 0.3 is 6.03 Å². The third-order valence-electron chi connectivity index (χ3n) is 7.98. The van der Waals surface area contributed by atoms with E-state index in [9.17, 15) is 28.8 Å². The van der Waals surface area contributed by atoms with E-state index in [0.29, 0.717) is 12.8 Å². The van der Waals surface area contributed by atoms with Gasteiger partial charge in [-0.2, -0.15) is 0 Å². The van der Waals surface area contributed by atoms with Crippen LogP contribution in [0, 0.1) is 11.8 Å². The van der Waals surface area contributed by atoms with E-state index in [1.54, 1.807) is 6.92 Å². The Hall–Kier alpha value is -5.26. The van der Waals surface area contributed by atoms with Crippen molar-refractivity contribution in [3.63, 3.8) is 0 Å². The van der Waals surface area contributed by atoms with Crippen molar-refractivity contribution in [2.45, 2.75) is 71.6 Å². The van der Waals surface area contributed by atoms with E-state index in [2.05, 4.69) is 26.6 Å². The van der Waals surface area contributed by atoms with Crippen LogP contribution in [0.4, 0.5) is 4.79 Å². The van der Waals surface area contributed by atoms with Gasteiger partial charge in [0.25, 0.3) is 5.91 Å². The Morgan fingerprint density at radius 1 is 0.729 bits per heavy atom. The minimum Gasteiger partial charge on any atom is -0.368 e. The quantitative estimate of drug-likeness (QED) is 0.121. The van der Waals surface area contributed by atoms with Gasteiger partial charge < -0.3 is 32.3 Å². The summed E-state index contributed by atoms with van der Waals surface area (Å²) in [6, 6.07) is 18.9. The van der Waals surface area contributed by atoms with Crippen molar-refractivity contribution in [1.82, 2.24) is 26.6 Å². The van der Waals surface area contributed by atoms with Gasteiger partial charge in [-0.25, -0.2) is 4.79 Å². The number of amides is 6. The first-order valence-electron chi connectivity index (χ1n) is 16.1. The van der Waals surface area contributed by atoms with Crippen molar-refractivity contribution in [2.24, 2.45) is 17.6 Å². The van der Waals surface area contributed by atoms with Gasteiger partial charge in [-0.15, -0.1) is 0 Å². The highest BCUT2D eigenvalue weighted by Crippen LogP contribution is 2.17. The lowest BCUT2D eigenvalue weighted by Crippen LogP contribution is -2.57. The third-order valence-corrected chi connectivity index (χ3v) is 7.98. The Balaban J connectivity index is 1.59. The first-order valence-corrected chi connectivity index (χ1v) is 16.1. The highest BCUT2D eigenvalue weighted by atomic mass is 16.2. The number of ketones is 1. The van der Waals surface area contributed by atoms with Crippen LogP contribution in [0.5, 0.6) is 0 Å². The molecule has 0 spiro atoms. The summed E-state index contributed by atoms with van der Waals surface area (Å²) in [4.78, 5) is 77.0. The maximum Gasteiger partial charge on any atom is 0.315 e. The number of carbonyl (C=O) groups excluding carboxylic acids is 6. The molecule has 0 heterocycles. The van der Waals surface area contributed by atoms with E-state index in [-0.39, 0.29) is 18.9 Å². The number of nitrogens with one attached hydrogen (secondary N) is 5. The lowest BCUT2D eigenvalue weighted by atomic mass is 9.94. The second kappa shape index (κ2) is 18.2. The molecule has 6 amide bonds. The van der Waals surface area contributed by atoms with Crippen molar-refractivity contribution in [2.75, 3.05) is 6.54 Å². The molecule has 3 aromatic carbocycles. The van der Waals surface area contributed by atoms with Gasteiger partial charge in [0.1, 0.15) is 12.1 Å². The maximum absolute atomic E-state index is 13.4. The van der Waals surface area contributed by atoms with E-state index in [0.717, 1.165) is 21.9 Å². The second-order valence-corrected chi connectivity index (χ2v) is 12.3. The van der Waals surface area contributed by atoms with Gasteiger partial charge in [0.05, 0.1) is 12.6 Å². The number of hydrogen-bond acceptors (Lipinski definition) is 6. The van der Waals surface area contributed by atoms with Crippen molar-refractivity contribution in [1.29, 1.82) is 0 Å². The summed E-state index contributed by atoms with van der Waals surface area (Å²) in [5.74, 6) is -4.50. The zero-order chi connectivity index (χ0) is 35.2. The molecule has 0 radical (unpaired) electrons. The summed E-state index contributed by atoms with van der Waals surface area (Å²) in [7, 11) is 0. The fourth-order valence-electron chi connectivity index (χ4n) is 5.10. The molecule has 3 rings (SSSR count). The van der Waals surface area contributed by atoms with Gasteiger partial charge in [-0.05, 0) is 40.2 Å². The van der Waals surface area contributed by atoms with Crippen LogP contribution < -0.4 is 32.3 Å². The standard InChI is InChI=1S/C36H46N6O6/c1-5-23(4)31(42-34(46)29(17-22(2)3)41-36(48)39-20-24-11-7-6-8-12-24)32(44)35(47)38-21-30(43)40-28(33(37)45)19-25-15-16-26-13-9-10-14-27(26)18-25/h6-16,18,22-23,28-29,31H,5,17,19-21H2,1-4H3,(H2,37,45)(H,38,47)(H,40,43)(H,42,46)(H2,39,41,48). The van der Waals surface area contributed by atoms with Crippen molar-refractivity contribution < 1.29 is 28.8 Å². The first-order chi connectivity index (χ1) is 22.9. The van der Waals surface area contributed by atoms with E-state index in [1.165, 1.54) is 0 Å². The minimum absolute atomic E-state index is 0.0280. The largest absolute Gasteiger partial charge is 0.368 e. The summed E-state index contributed by atoms with van der Waals surface area (Å²) in [5.41, 5.74) is 7.21. The second-order valence-electron chi connectivity index (χ2n) is 12.3. The molecule has 0 aliphatic carbocycles. The fourth-order valence-corrected chi connectivity index (χ4v) is 5.10. The Morgan fingerprint density at radius 2 is 1.40 bits per heavy atom. The average molecular weight is 659 g/mol. The topological polar surface area (TPSA) is 189 Å². The van der Waals surface area contributed by atoms with E-state index < -0.39 is 66.0 Å². The lowest BCUT2D eigenvalue weighted by molar-refractivity contribution is -0.141. The summed E-state index contributed by atoms with van der Waals surface area (Å²) in [6.07, 6.45) is 0.884. The summed E-state index contributed by atoms with van der Waals surface area (Å²) >= 11 is 0. The van der Waals surface area contributed by atoms with Crippen LogP contribution in [0.2, 0.25) is 0 Å². The summed E-state index contributed by atoms with van der Waals surface area (Å²) < 4.78 is 0. The predicted molar refractivity (Wildman–Crippen MR) is 183 cm³/mol. The van der Waals surface area contributed by atoms with Crippen LogP contribution in [0.15, 0.2) is 72.8 Å². The number of primary amides is 1. The van der Waals surface area contributed by atoms with Crippen LogP contribution in [-0.2, 0) is 36.9 Å².